The van der Waals surface area contributed by atoms with Crippen LogP contribution in [-0.4, -0.2) is 12.5 Å². The first kappa shape index (κ1) is 12.3. The van der Waals surface area contributed by atoms with E-state index in [9.17, 15) is 4.79 Å². The van der Waals surface area contributed by atoms with E-state index >= 15 is 0 Å². The lowest BCUT2D eigenvalue weighted by atomic mass is 10.2. The van der Waals surface area contributed by atoms with Crippen molar-refractivity contribution in [3.63, 3.8) is 0 Å². The molecule has 0 atom stereocenters. The molecule has 80 valence electrons. The van der Waals surface area contributed by atoms with E-state index in [-0.39, 0.29) is 5.91 Å². The Morgan fingerprint density at radius 3 is 2.93 bits per heavy atom. The maximum Gasteiger partial charge on any atom is 0.261 e. The number of thiophene rings is 1. The molecule has 1 amide bonds. The smallest absolute Gasteiger partial charge is 0.261 e. The van der Waals surface area contributed by atoms with Crippen LogP contribution in [0.5, 0.6) is 0 Å². The third kappa shape index (κ3) is 4.50. The average Bonchev–Trinajstić information content (AvgIpc) is 2.64. The van der Waals surface area contributed by atoms with Gasteiger partial charge in [0.15, 0.2) is 0 Å². The van der Waals surface area contributed by atoms with Crippen LogP contribution in [0.15, 0.2) is 15.9 Å². The Kier molecular flexibility index (Phi) is 5.44. The predicted octanol–water partition coefficient (Wildman–Crippen LogP) is 3.04. The molecule has 0 saturated heterocycles. The largest absolute Gasteiger partial charge is 0.351 e. The molecule has 1 aromatic rings. The second-order valence-corrected chi connectivity index (χ2v) is 5.48. The Labute approximate surface area is 102 Å². The van der Waals surface area contributed by atoms with E-state index in [1.54, 1.807) is 0 Å². The highest BCUT2D eigenvalue weighted by Crippen LogP contribution is 2.21. The number of carbonyl (C=O) groups is 1. The third-order valence-electron chi connectivity index (χ3n) is 1.83. The first-order valence-corrected chi connectivity index (χ1v) is 6.32. The zero-order valence-corrected chi connectivity index (χ0v) is 10.7. The Morgan fingerprint density at radius 1 is 1.53 bits per heavy atom. The standard InChI is InChI=1S/C11H12BrNOS/c1-2-3-4-5-8-13-11(14)9-6-7-10(12)15-9/h1,6-7H,3-5,8H2,(H,13,14). The monoisotopic (exact) mass is 285 g/mol. The van der Waals surface area contributed by atoms with Crippen LogP contribution in [0, 0.1) is 12.3 Å². The molecule has 0 unspecified atom stereocenters. The summed E-state index contributed by atoms with van der Waals surface area (Å²) in [5.74, 6) is 2.57. The molecule has 0 radical (unpaired) electrons. The molecule has 15 heavy (non-hydrogen) atoms. The fourth-order valence-corrected chi connectivity index (χ4v) is 2.38. The molecule has 0 aliphatic heterocycles. The SMILES string of the molecule is C#CCCCCNC(=O)c1ccc(Br)s1. The van der Waals surface area contributed by atoms with E-state index in [1.807, 2.05) is 12.1 Å². The fraction of sp³-hybridized carbons (Fsp3) is 0.364. The van der Waals surface area contributed by atoms with E-state index in [0.29, 0.717) is 6.54 Å². The molecule has 0 saturated carbocycles. The molecular formula is C11H12BrNOS. The van der Waals surface area contributed by atoms with E-state index in [4.69, 9.17) is 6.42 Å². The van der Waals surface area contributed by atoms with Crippen molar-refractivity contribution in [2.24, 2.45) is 0 Å². The number of hydrogen-bond donors (Lipinski definition) is 1. The summed E-state index contributed by atoms with van der Waals surface area (Å²) in [5, 5.41) is 2.85. The summed E-state index contributed by atoms with van der Waals surface area (Å²) in [5.41, 5.74) is 0. The third-order valence-corrected chi connectivity index (χ3v) is 3.45. The first-order valence-electron chi connectivity index (χ1n) is 4.71. The molecule has 1 aromatic heterocycles. The van der Waals surface area contributed by atoms with Crippen LogP contribution in [0.4, 0.5) is 0 Å². The van der Waals surface area contributed by atoms with Gasteiger partial charge in [0.05, 0.1) is 8.66 Å². The van der Waals surface area contributed by atoms with Gasteiger partial charge in [-0.25, -0.2) is 0 Å². The van der Waals surface area contributed by atoms with Crippen molar-refractivity contribution in [2.45, 2.75) is 19.3 Å². The molecule has 0 aromatic carbocycles. The van der Waals surface area contributed by atoms with Gasteiger partial charge in [0.1, 0.15) is 0 Å². The Morgan fingerprint density at radius 2 is 2.33 bits per heavy atom. The van der Waals surface area contributed by atoms with Gasteiger partial charge in [0, 0.05) is 13.0 Å². The molecule has 0 aliphatic carbocycles. The fourth-order valence-electron chi connectivity index (χ4n) is 1.08. The van der Waals surface area contributed by atoms with Crippen molar-refractivity contribution >= 4 is 33.2 Å². The number of amides is 1. The number of nitrogens with one attached hydrogen (secondary N) is 1. The lowest BCUT2D eigenvalue weighted by molar-refractivity contribution is 0.0957. The van der Waals surface area contributed by atoms with Crippen LogP contribution >= 0.6 is 27.3 Å². The number of carbonyl (C=O) groups excluding carboxylic acids is 1. The van der Waals surface area contributed by atoms with Gasteiger partial charge in [0.25, 0.3) is 5.91 Å². The van der Waals surface area contributed by atoms with Gasteiger partial charge in [-0.15, -0.1) is 23.7 Å². The highest BCUT2D eigenvalue weighted by atomic mass is 79.9. The molecule has 0 spiro atoms. The van der Waals surface area contributed by atoms with Gasteiger partial charge in [-0.3, -0.25) is 4.79 Å². The van der Waals surface area contributed by atoms with Crippen molar-refractivity contribution in [3.8, 4) is 12.3 Å². The van der Waals surface area contributed by atoms with Gasteiger partial charge >= 0.3 is 0 Å². The second kappa shape index (κ2) is 6.65. The van der Waals surface area contributed by atoms with Crippen molar-refractivity contribution < 1.29 is 4.79 Å². The summed E-state index contributed by atoms with van der Waals surface area (Å²) in [6, 6.07) is 3.68. The van der Waals surface area contributed by atoms with E-state index in [2.05, 4.69) is 27.2 Å². The minimum absolute atomic E-state index is 0.00796. The Bertz CT molecular complexity index is 367. The Hall–Kier alpha value is -0.790. The van der Waals surface area contributed by atoms with Crippen LogP contribution in [0.2, 0.25) is 0 Å². The summed E-state index contributed by atoms with van der Waals surface area (Å²) >= 11 is 4.76. The Balaban J connectivity index is 2.23. The summed E-state index contributed by atoms with van der Waals surface area (Å²) in [4.78, 5) is 12.3. The molecule has 1 N–H and O–H groups in total. The summed E-state index contributed by atoms with van der Waals surface area (Å²) in [6.45, 7) is 0.691. The maximum atomic E-state index is 11.5. The van der Waals surface area contributed by atoms with Crippen molar-refractivity contribution in [1.82, 2.24) is 5.32 Å². The van der Waals surface area contributed by atoms with Crippen molar-refractivity contribution in [3.05, 3.63) is 20.8 Å². The average molecular weight is 286 g/mol. The highest BCUT2D eigenvalue weighted by molar-refractivity contribution is 9.11. The second-order valence-electron chi connectivity index (χ2n) is 3.02. The van der Waals surface area contributed by atoms with Gasteiger partial charge in [-0.1, -0.05) is 0 Å². The minimum Gasteiger partial charge on any atom is -0.351 e. The zero-order chi connectivity index (χ0) is 11.1. The molecule has 1 rings (SSSR count). The number of halogens is 1. The van der Waals surface area contributed by atoms with Crippen molar-refractivity contribution in [1.29, 1.82) is 0 Å². The number of hydrogen-bond acceptors (Lipinski definition) is 2. The van der Waals surface area contributed by atoms with Gasteiger partial charge in [0.2, 0.25) is 0 Å². The van der Waals surface area contributed by atoms with Crippen LogP contribution in [0.1, 0.15) is 28.9 Å². The number of terminal acetylenes is 1. The topological polar surface area (TPSA) is 29.1 Å². The summed E-state index contributed by atoms with van der Waals surface area (Å²) in [6.07, 6.45) is 7.80. The van der Waals surface area contributed by atoms with Gasteiger partial charge in [-0.2, -0.15) is 0 Å². The van der Waals surface area contributed by atoms with E-state index in [0.717, 1.165) is 27.9 Å². The predicted molar refractivity (Wildman–Crippen MR) is 67.0 cm³/mol. The summed E-state index contributed by atoms with van der Waals surface area (Å²) < 4.78 is 0.972. The number of rotatable bonds is 5. The lowest BCUT2D eigenvalue weighted by Gasteiger charge is -2.01. The number of unbranched alkanes of at least 4 members (excludes halogenated alkanes) is 2. The lowest BCUT2D eigenvalue weighted by Crippen LogP contribution is -2.23. The van der Waals surface area contributed by atoms with Crippen LogP contribution in [0.25, 0.3) is 0 Å². The molecule has 4 heteroatoms. The molecule has 0 fully saturated rings. The first-order chi connectivity index (χ1) is 7.24. The van der Waals surface area contributed by atoms with E-state index < -0.39 is 0 Å². The highest BCUT2D eigenvalue weighted by Gasteiger charge is 2.06. The minimum atomic E-state index is -0.00796. The van der Waals surface area contributed by atoms with Crippen LogP contribution in [0.3, 0.4) is 0 Å². The van der Waals surface area contributed by atoms with Crippen molar-refractivity contribution in [2.75, 3.05) is 6.54 Å². The van der Waals surface area contributed by atoms with Crippen LogP contribution < -0.4 is 5.32 Å². The quantitative estimate of drug-likeness (QED) is 0.654. The molecule has 0 bridgehead atoms. The molecule has 0 aliphatic rings. The maximum absolute atomic E-state index is 11.5. The molecular weight excluding hydrogens is 274 g/mol. The molecule has 1 heterocycles. The summed E-state index contributed by atoms with van der Waals surface area (Å²) in [7, 11) is 0. The van der Waals surface area contributed by atoms with E-state index in [1.165, 1.54) is 11.3 Å². The molecule has 2 nitrogen and oxygen atoms in total. The van der Waals surface area contributed by atoms with Gasteiger partial charge in [-0.05, 0) is 40.9 Å². The normalized spacial score (nSPS) is 9.60. The zero-order valence-electron chi connectivity index (χ0n) is 8.25. The van der Waals surface area contributed by atoms with Crippen LogP contribution in [-0.2, 0) is 0 Å². The van der Waals surface area contributed by atoms with Gasteiger partial charge < -0.3 is 5.32 Å².